The van der Waals surface area contributed by atoms with Gasteiger partial charge in [-0.1, -0.05) is 11.6 Å². The number of halogens is 1. The Bertz CT molecular complexity index is 663. The lowest BCUT2D eigenvalue weighted by atomic mass is 10.3. The van der Waals surface area contributed by atoms with Crippen LogP contribution in [0.1, 0.15) is 5.56 Å². The van der Waals surface area contributed by atoms with Gasteiger partial charge in [-0.05, 0) is 13.0 Å². The monoisotopic (exact) mass is 294 g/mol. The van der Waals surface area contributed by atoms with Crippen LogP contribution >= 0.6 is 11.6 Å². The molecule has 104 valence electrons. The Balaban J connectivity index is 2.43. The molecule has 0 aliphatic heterocycles. The molecule has 0 atom stereocenters. The Morgan fingerprint density at radius 2 is 2.20 bits per heavy atom. The summed E-state index contributed by atoms with van der Waals surface area (Å²) >= 11 is 5.84. The summed E-state index contributed by atoms with van der Waals surface area (Å²) in [5, 5.41) is 14.1. The van der Waals surface area contributed by atoms with Gasteiger partial charge in [0.25, 0.3) is 0 Å². The van der Waals surface area contributed by atoms with Crippen LogP contribution in [-0.2, 0) is 0 Å². The van der Waals surface area contributed by atoms with E-state index in [2.05, 4.69) is 15.3 Å². The SMILES string of the molecule is CNc1ncc(C)c(Oc2cc(Cl)ccc2[N+](=O)[O-])n1. The van der Waals surface area contributed by atoms with E-state index in [0.717, 1.165) is 0 Å². The molecular weight excluding hydrogens is 284 g/mol. The van der Waals surface area contributed by atoms with Crippen molar-refractivity contribution in [2.75, 3.05) is 12.4 Å². The highest BCUT2D eigenvalue weighted by molar-refractivity contribution is 6.30. The van der Waals surface area contributed by atoms with Crippen LogP contribution < -0.4 is 10.1 Å². The van der Waals surface area contributed by atoms with Gasteiger partial charge in [-0.15, -0.1) is 0 Å². The normalized spacial score (nSPS) is 10.2. The van der Waals surface area contributed by atoms with Crippen LogP contribution in [-0.4, -0.2) is 21.9 Å². The number of aryl methyl sites for hydroxylation is 1. The van der Waals surface area contributed by atoms with Crippen molar-refractivity contribution in [1.29, 1.82) is 0 Å². The number of aromatic nitrogens is 2. The Morgan fingerprint density at radius 1 is 1.45 bits per heavy atom. The number of nitrogens with zero attached hydrogens (tertiary/aromatic N) is 3. The van der Waals surface area contributed by atoms with Crippen molar-refractivity contribution < 1.29 is 9.66 Å². The number of hydrogen-bond acceptors (Lipinski definition) is 6. The molecule has 1 aromatic heterocycles. The van der Waals surface area contributed by atoms with E-state index >= 15 is 0 Å². The topological polar surface area (TPSA) is 90.2 Å². The summed E-state index contributed by atoms with van der Waals surface area (Å²) in [7, 11) is 1.66. The third-order valence-corrected chi connectivity index (χ3v) is 2.71. The maximum absolute atomic E-state index is 11.0. The van der Waals surface area contributed by atoms with Gasteiger partial charge in [0.2, 0.25) is 17.6 Å². The summed E-state index contributed by atoms with van der Waals surface area (Å²) in [6.45, 7) is 1.74. The molecule has 2 aromatic rings. The minimum atomic E-state index is -0.541. The third-order valence-electron chi connectivity index (χ3n) is 2.47. The minimum absolute atomic E-state index is 0.0337. The fraction of sp³-hybridized carbons (Fsp3) is 0.167. The van der Waals surface area contributed by atoms with Crippen LogP contribution in [0.5, 0.6) is 11.6 Å². The molecule has 0 spiro atoms. The molecule has 7 nitrogen and oxygen atoms in total. The maximum Gasteiger partial charge on any atom is 0.311 e. The molecule has 0 aliphatic carbocycles. The molecule has 0 unspecified atom stereocenters. The molecule has 1 aromatic carbocycles. The number of hydrogen-bond donors (Lipinski definition) is 1. The van der Waals surface area contributed by atoms with Crippen molar-refractivity contribution >= 4 is 23.2 Å². The van der Waals surface area contributed by atoms with Gasteiger partial charge in [-0.25, -0.2) is 4.98 Å². The van der Waals surface area contributed by atoms with Crippen molar-refractivity contribution in [2.24, 2.45) is 0 Å². The fourth-order valence-electron chi connectivity index (χ4n) is 1.47. The molecule has 8 heteroatoms. The summed E-state index contributed by atoms with van der Waals surface area (Å²) in [6, 6.07) is 4.09. The van der Waals surface area contributed by atoms with Crippen LogP contribution in [0.15, 0.2) is 24.4 Å². The molecule has 0 saturated carbocycles. The lowest BCUT2D eigenvalue weighted by Gasteiger charge is -2.09. The number of nitrogens with one attached hydrogen (secondary N) is 1. The zero-order chi connectivity index (χ0) is 14.7. The van der Waals surface area contributed by atoms with Crippen LogP contribution in [0.2, 0.25) is 5.02 Å². The lowest BCUT2D eigenvalue weighted by Crippen LogP contribution is -2.01. The zero-order valence-electron chi connectivity index (χ0n) is 10.8. The predicted molar refractivity (Wildman–Crippen MR) is 74.5 cm³/mol. The van der Waals surface area contributed by atoms with E-state index in [1.54, 1.807) is 20.2 Å². The van der Waals surface area contributed by atoms with E-state index in [1.165, 1.54) is 18.2 Å². The smallest absolute Gasteiger partial charge is 0.311 e. The minimum Gasteiger partial charge on any atom is -0.431 e. The Kier molecular flexibility index (Phi) is 3.99. The average Bonchev–Trinajstić information content (AvgIpc) is 2.41. The number of anilines is 1. The first-order chi connectivity index (χ1) is 9.51. The molecule has 1 N–H and O–H groups in total. The summed E-state index contributed by atoms with van der Waals surface area (Å²) in [6.07, 6.45) is 1.56. The first-order valence-electron chi connectivity index (χ1n) is 5.64. The number of ether oxygens (including phenoxy) is 1. The summed E-state index contributed by atoms with van der Waals surface area (Å²) in [5.74, 6) is 0.622. The van der Waals surface area contributed by atoms with Gasteiger partial charge in [-0.3, -0.25) is 10.1 Å². The number of nitro groups is 1. The largest absolute Gasteiger partial charge is 0.431 e. The lowest BCUT2D eigenvalue weighted by molar-refractivity contribution is -0.385. The molecule has 0 saturated heterocycles. The molecule has 1 heterocycles. The second-order valence-corrected chi connectivity index (χ2v) is 4.34. The summed E-state index contributed by atoms with van der Waals surface area (Å²) < 4.78 is 5.51. The van der Waals surface area contributed by atoms with Crippen molar-refractivity contribution in [2.45, 2.75) is 6.92 Å². The highest BCUT2D eigenvalue weighted by atomic mass is 35.5. The second kappa shape index (κ2) is 5.70. The molecule has 0 bridgehead atoms. The second-order valence-electron chi connectivity index (χ2n) is 3.90. The Labute approximate surface area is 119 Å². The number of rotatable bonds is 4. The van der Waals surface area contributed by atoms with E-state index in [0.29, 0.717) is 16.5 Å². The standard InChI is InChI=1S/C12H11ClN4O3/c1-7-6-15-12(14-2)16-11(7)20-10-5-8(13)3-4-9(10)17(18)19/h3-6H,1-2H3,(H,14,15,16). The van der Waals surface area contributed by atoms with Gasteiger partial charge < -0.3 is 10.1 Å². The number of nitro benzene ring substituents is 1. The van der Waals surface area contributed by atoms with Gasteiger partial charge in [0, 0.05) is 36.0 Å². The Morgan fingerprint density at radius 3 is 2.85 bits per heavy atom. The highest BCUT2D eigenvalue weighted by Crippen LogP contribution is 2.34. The van der Waals surface area contributed by atoms with Gasteiger partial charge in [0.15, 0.2) is 0 Å². The molecule has 0 fully saturated rings. The molecule has 2 rings (SSSR count). The van der Waals surface area contributed by atoms with E-state index in [-0.39, 0.29) is 17.3 Å². The Hall–Kier alpha value is -2.41. The quantitative estimate of drug-likeness (QED) is 0.688. The van der Waals surface area contributed by atoms with Crippen LogP contribution in [0.25, 0.3) is 0 Å². The van der Waals surface area contributed by atoms with Crippen molar-refractivity contribution in [3.63, 3.8) is 0 Å². The first kappa shape index (κ1) is 14.0. The van der Waals surface area contributed by atoms with Gasteiger partial charge in [0.05, 0.1) is 4.92 Å². The molecule has 20 heavy (non-hydrogen) atoms. The fourth-order valence-corrected chi connectivity index (χ4v) is 1.64. The van der Waals surface area contributed by atoms with Gasteiger partial charge >= 0.3 is 5.69 Å². The van der Waals surface area contributed by atoms with Crippen molar-refractivity contribution in [3.8, 4) is 11.6 Å². The zero-order valence-corrected chi connectivity index (χ0v) is 11.5. The van der Waals surface area contributed by atoms with Crippen LogP contribution in [0.4, 0.5) is 11.6 Å². The van der Waals surface area contributed by atoms with Crippen molar-refractivity contribution in [3.05, 3.63) is 45.1 Å². The molecule has 0 radical (unpaired) electrons. The maximum atomic E-state index is 11.0. The third kappa shape index (κ3) is 2.94. The molecule has 0 amide bonds. The average molecular weight is 295 g/mol. The summed E-state index contributed by atoms with van der Waals surface area (Å²) in [4.78, 5) is 18.5. The molecule has 0 aliphatic rings. The molecular formula is C12H11ClN4O3. The van der Waals surface area contributed by atoms with Crippen molar-refractivity contribution in [1.82, 2.24) is 9.97 Å². The van der Waals surface area contributed by atoms with Gasteiger partial charge in [0.1, 0.15) is 0 Å². The van der Waals surface area contributed by atoms with Crippen LogP contribution in [0, 0.1) is 17.0 Å². The van der Waals surface area contributed by atoms with E-state index in [1.807, 2.05) is 0 Å². The number of benzene rings is 1. The predicted octanol–water partition coefficient (Wildman–Crippen LogP) is 3.18. The van der Waals surface area contributed by atoms with E-state index in [9.17, 15) is 10.1 Å². The van der Waals surface area contributed by atoms with Crippen LogP contribution in [0.3, 0.4) is 0 Å². The summed E-state index contributed by atoms with van der Waals surface area (Å²) in [5.41, 5.74) is 0.469. The van der Waals surface area contributed by atoms with Gasteiger partial charge in [-0.2, -0.15) is 4.98 Å². The van der Waals surface area contributed by atoms with E-state index in [4.69, 9.17) is 16.3 Å². The first-order valence-corrected chi connectivity index (χ1v) is 6.02. The highest BCUT2D eigenvalue weighted by Gasteiger charge is 2.18. The van der Waals surface area contributed by atoms with E-state index < -0.39 is 4.92 Å².